The first-order valence-electron chi connectivity index (χ1n) is 9.82. The largest absolute Gasteiger partial charge is 0.396 e. The second kappa shape index (κ2) is 10.2. The summed E-state index contributed by atoms with van der Waals surface area (Å²) in [5.41, 5.74) is 1.76. The van der Waals surface area contributed by atoms with E-state index in [0.717, 1.165) is 5.56 Å². The van der Waals surface area contributed by atoms with Crippen molar-refractivity contribution in [1.29, 1.82) is 0 Å². The van der Waals surface area contributed by atoms with Crippen molar-refractivity contribution in [2.75, 3.05) is 25.4 Å². The Balaban J connectivity index is 2.04. The topological polar surface area (TPSA) is 88.3 Å². The van der Waals surface area contributed by atoms with Crippen molar-refractivity contribution in [1.82, 2.24) is 19.1 Å². The molecule has 0 unspecified atom stereocenters. The predicted octanol–water partition coefficient (Wildman–Crippen LogP) is 3.11. The molecule has 0 fully saturated rings. The van der Waals surface area contributed by atoms with Crippen molar-refractivity contribution < 1.29 is 13.5 Å². The van der Waals surface area contributed by atoms with Gasteiger partial charge in [0.05, 0.1) is 18.0 Å². The van der Waals surface area contributed by atoms with E-state index in [2.05, 4.69) is 10.2 Å². The van der Waals surface area contributed by atoms with Crippen LogP contribution in [-0.4, -0.2) is 58.0 Å². The summed E-state index contributed by atoms with van der Waals surface area (Å²) in [6.45, 7) is 5.06. The zero-order valence-electron chi connectivity index (χ0n) is 17.1. The molecule has 30 heavy (non-hydrogen) atoms. The Morgan fingerprint density at radius 3 is 2.43 bits per heavy atom. The maximum Gasteiger partial charge on any atom is 0.243 e. The van der Waals surface area contributed by atoms with Gasteiger partial charge in [0.2, 0.25) is 10.0 Å². The zero-order valence-corrected chi connectivity index (χ0v) is 18.7. The molecule has 7 nitrogen and oxygen atoms in total. The number of aliphatic hydroxyl groups excluding tert-OH is 1. The lowest BCUT2D eigenvalue weighted by Crippen LogP contribution is -2.30. The lowest BCUT2D eigenvalue weighted by atomic mass is 10.2. The number of aliphatic hydroxyl groups is 1. The second-order valence-corrected chi connectivity index (χ2v) is 9.57. The first-order valence-corrected chi connectivity index (χ1v) is 12.2. The summed E-state index contributed by atoms with van der Waals surface area (Å²) in [7, 11) is -3.57. The summed E-state index contributed by atoms with van der Waals surface area (Å²) in [4.78, 5) is 0.238. The summed E-state index contributed by atoms with van der Waals surface area (Å²) < 4.78 is 29.3. The number of hydrogen-bond acceptors (Lipinski definition) is 6. The molecule has 0 radical (unpaired) electrons. The van der Waals surface area contributed by atoms with Gasteiger partial charge in [-0.25, -0.2) is 8.42 Å². The van der Waals surface area contributed by atoms with Crippen LogP contribution in [0, 0.1) is 0 Å². The molecular formula is C21H26N4O3S2. The second-order valence-electron chi connectivity index (χ2n) is 6.57. The minimum absolute atomic E-state index is 0.0375. The van der Waals surface area contributed by atoms with Gasteiger partial charge in [-0.15, -0.1) is 10.2 Å². The average Bonchev–Trinajstić information content (AvgIpc) is 3.16. The minimum atomic E-state index is -3.57. The third kappa shape index (κ3) is 4.92. The van der Waals surface area contributed by atoms with Crippen LogP contribution in [0.15, 0.2) is 64.6 Å². The van der Waals surface area contributed by atoms with Crippen molar-refractivity contribution in [2.24, 2.45) is 0 Å². The van der Waals surface area contributed by atoms with Crippen LogP contribution in [0.25, 0.3) is 11.4 Å². The summed E-state index contributed by atoms with van der Waals surface area (Å²) in [5.74, 6) is 1.10. The first-order chi connectivity index (χ1) is 14.5. The number of sulfonamides is 1. The van der Waals surface area contributed by atoms with Gasteiger partial charge in [0, 0.05) is 24.4 Å². The molecule has 0 bridgehead atoms. The summed E-state index contributed by atoms with van der Waals surface area (Å²) in [5, 5.41) is 18.5. The molecule has 3 rings (SSSR count). The number of aromatic nitrogens is 3. The highest BCUT2D eigenvalue weighted by Gasteiger charge is 2.23. The van der Waals surface area contributed by atoms with Crippen molar-refractivity contribution in [3.05, 3.63) is 60.2 Å². The molecule has 0 aliphatic carbocycles. The minimum Gasteiger partial charge on any atom is -0.396 e. The van der Waals surface area contributed by atoms with Gasteiger partial charge in [-0.3, -0.25) is 4.57 Å². The zero-order chi connectivity index (χ0) is 21.6. The normalized spacial score (nSPS) is 11.9. The van der Waals surface area contributed by atoms with Crippen LogP contribution < -0.4 is 0 Å². The predicted molar refractivity (Wildman–Crippen MR) is 119 cm³/mol. The molecule has 2 aromatic carbocycles. The van der Waals surface area contributed by atoms with Gasteiger partial charge in [-0.1, -0.05) is 68.1 Å². The van der Waals surface area contributed by atoms with Crippen LogP contribution >= 0.6 is 11.8 Å². The Kier molecular flexibility index (Phi) is 7.65. The molecule has 1 N–H and O–H groups in total. The SMILES string of the molecule is CCN(CC)S(=O)(=O)c1cccc(-c2nnc(SCCO)n2Cc2ccccc2)c1. The Hall–Kier alpha value is -2.20. The van der Waals surface area contributed by atoms with Crippen molar-refractivity contribution in [3.8, 4) is 11.4 Å². The summed E-state index contributed by atoms with van der Waals surface area (Å²) >= 11 is 1.42. The molecule has 0 spiro atoms. The molecule has 0 aliphatic heterocycles. The average molecular weight is 447 g/mol. The van der Waals surface area contributed by atoms with E-state index in [-0.39, 0.29) is 11.5 Å². The molecule has 0 saturated carbocycles. The molecule has 0 atom stereocenters. The van der Waals surface area contributed by atoms with E-state index in [1.165, 1.54) is 16.1 Å². The highest BCUT2D eigenvalue weighted by molar-refractivity contribution is 7.99. The quantitative estimate of drug-likeness (QED) is 0.482. The first kappa shape index (κ1) is 22.5. The van der Waals surface area contributed by atoms with E-state index in [0.29, 0.717) is 41.9 Å². The standard InChI is InChI=1S/C21H26N4O3S2/c1-3-24(4-2)30(27,28)19-12-8-11-18(15-19)20-22-23-21(29-14-13-26)25(20)16-17-9-6-5-7-10-17/h5-12,15,26H,3-4,13-14,16H2,1-2H3. The van der Waals surface area contributed by atoms with Gasteiger partial charge in [0.1, 0.15) is 0 Å². The molecule has 1 heterocycles. The van der Waals surface area contributed by atoms with Gasteiger partial charge in [-0.05, 0) is 17.7 Å². The number of rotatable bonds is 10. The summed E-state index contributed by atoms with van der Waals surface area (Å²) in [6, 6.07) is 16.8. The lowest BCUT2D eigenvalue weighted by Gasteiger charge is -2.19. The van der Waals surface area contributed by atoms with E-state index >= 15 is 0 Å². The molecular weight excluding hydrogens is 420 g/mol. The maximum absolute atomic E-state index is 13.0. The molecule has 0 aliphatic rings. The third-order valence-corrected chi connectivity index (χ3v) is 7.65. The molecule has 0 saturated heterocycles. The Morgan fingerprint density at radius 1 is 1.03 bits per heavy atom. The Morgan fingerprint density at radius 2 is 1.77 bits per heavy atom. The van der Waals surface area contributed by atoms with Crippen molar-refractivity contribution in [2.45, 2.75) is 30.4 Å². The fourth-order valence-corrected chi connectivity index (χ4v) is 5.35. The number of benzene rings is 2. The molecule has 3 aromatic rings. The van der Waals surface area contributed by atoms with Gasteiger partial charge in [-0.2, -0.15) is 4.31 Å². The smallest absolute Gasteiger partial charge is 0.243 e. The number of hydrogen-bond donors (Lipinski definition) is 1. The van der Waals surface area contributed by atoms with Crippen LogP contribution in [0.5, 0.6) is 0 Å². The van der Waals surface area contributed by atoms with Crippen LogP contribution in [0.3, 0.4) is 0 Å². The number of thioether (sulfide) groups is 1. The molecule has 9 heteroatoms. The van der Waals surface area contributed by atoms with Crippen molar-refractivity contribution in [3.63, 3.8) is 0 Å². The fourth-order valence-electron chi connectivity index (χ4n) is 3.16. The van der Waals surface area contributed by atoms with E-state index in [1.54, 1.807) is 18.2 Å². The highest BCUT2D eigenvalue weighted by atomic mass is 32.2. The molecule has 0 amide bonds. The molecule has 160 valence electrons. The molecule has 1 aromatic heterocycles. The Bertz CT molecular complexity index is 1060. The Labute approximate surface area is 181 Å². The van der Waals surface area contributed by atoms with Crippen molar-refractivity contribution >= 4 is 21.8 Å². The van der Waals surface area contributed by atoms with E-state index in [9.17, 15) is 13.5 Å². The maximum atomic E-state index is 13.0. The van der Waals surface area contributed by atoms with Crippen LogP contribution in [0.1, 0.15) is 19.4 Å². The van der Waals surface area contributed by atoms with Gasteiger partial charge in [0.25, 0.3) is 0 Å². The van der Waals surface area contributed by atoms with Crippen LogP contribution in [0.4, 0.5) is 0 Å². The summed E-state index contributed by atoms with van der Waals surface area (Å²) in [6.07, 6.45) is 0. The van der Waals surface area contributed by atoms with Gasteiger partial charge >= 0.3 is 0 Å². The number of nitrogens with zero attached hydrogens (tertiary/aromatic N) is 4. The third-order valence-electron chi connectivity index (χ3n) is 4.66. The van der Waals surface area contributed by atoms with E-state index < -0.39 is 10.0 Å². The van der Waals surface area contributed by atoms with Gasteiger partial charge < -0.3 is 5.11 Å². The van der Waals surface area contributed by atoms with Crippen LogP contribution in [-0.2, 0) is 16.6 Å². The van der Waals surface area contributed by atoms with Gasteiger partial charge in [0.15, 0.2) is 11.0 Å². The lowest BCUT2D eigenvalue weighted by molar-refractivity contribution is 0.322. The fraction of sp³-hybridized carbons (Fsp3) is 0.333. The van der Waals surface area contributed by atoms with Crippen LogP contribution in [0.2, 0.25) is 0 Å². The monoisotopic (exact) mass is 446 g/mol. The highest BCUT2D eigenvalue weighted by Crippen LogP contribution is 2.27. The van der Waals surface area contributed by atoms with E-state index in [1.807, 2.05) is 54.8 Å². The van der Waals surface area contributed by atoms with E-state index in [4.69, 9.17) is 0 Å².